The van der Waals surface area contributed by atoms with Gasteiger partial charge in [0, 0.05) is 48.3 Å². The average Bonchev–Trinajstić information content (AvgIpc) is 2.58. The lowest BCUT2D eigenvalue weighted by atomic mass is 10.4. The fourth-order valence-electron chi connectivity index (χ4n) is 2.72. The Kier molecular flexibility index (Phi) is 6.05. The topological polar surface area (TPSA) is 95.2 Å². The van der Waals surface area contributed by atoms with Crippen LogP contribution in [0.3, 0.4) is 0 Å². The first kappa shape index (κ1) is 18.8. The SMILES string of the molecule is CNC1=N[C@@H](C)N=C(NCCN(C)C2=N[C@@H](C)N=C(NC)N2C)N1C. The lowest BCUT2D eigenvalue weighted by molar-refractivity contribution is 0.431. The van der Waals surface area contributed by atoms with Crippen molar-refractivity contribution in [2.75, 3.05) is 48.3 Å². The first-order chi connectivity index (χ1) is 11.9. The second kappa shape index (κ2) is 8.04. The zero-order chi connectivity index (χ0) is 18.6. The van der Waals surface area contributed by atoms with Crippen molar-refractivity contribution < 1.29 is 0 Å². The Morgan fingerprint density at radius 1 is 0.880 bits per heavy atom. The van der Waals surface area contributed by atoms with Crippen LogP contribution in [0.2, 0.25) is 0 Å². The highest BCUT2D eigenvalue weighted by Gasteiger charge is 2.23. The van der Waals surface area contributed by atoms with Crippen LogP contribution in [0.25, 0.3) is 0 Å². The van der Waals surface area contributed by atoms with E-state index in [-0.39, 0.29) is 12.3 Å². The molecule has 2 atom stereocenters. The summed E-state index contributed by atoms with van der Waals surface area (Å²) in [4.78, 5) is 24.0. The summed E-state index contributed by atoms with van der Waals surface area (Å²) in [7, 11) is 9.65. The molecule has 0 aromatic carbocycles. The standard InChI is InChI=1S/C15H30N10/c1-10-19-12(16-3)24(6)14(21-10)18-8-9-23(5)15-22-11(2)20-13(17-4)25(15)7/h10-11H,8-9H2,1-7H3,(H,16,19)(H,17,20)(H,18,21)/t10-,11+/m1/s1. The fourth-order valence-corrected chi connectivity index (χ4v) is 2.72. The van der Waals surface area contributed by atoms with E-state index in [0.29, 0.717) is 0 Å². The van der Waals surface area contributed by atoms with Gasteiger partial charge in [0.25, 0.3) is 0 Å². The predicted molar refractivity (Wildman–Crippen MR) is 103 cm³/mol. The first-order valence-corrected chi connectivity index (χ1v) is 8.46. The maximum Gasteiger partial charge on any atom is 0.205 e. The molecule has 0 aromatic heterocycles. The maximum atomic E-state index is 4.62. The number of likely N-dealkylation sites (N-methyl/N-ethyl adjacent to an activating group) is 1. The monoisotopic (exact) mass is 350 g/mol. The Hall–Kier alpha value is -2.52. The molecule has 0 amide bonds. The van der Waals surface area contributed by atoms with Gasteiger partial charge in [-0.2, -0.15) is 0 Å². The minimum Gasteiger partial charge on any atom is -0.359 e. The molecular weight excluding hydrogens is 320 g/mol. The largest absolute Gasteiger partial charge is 0.359 e. The molecule has 0 spiro atoms. The van der Waals surface area contributed by atoms with Gasteiger partial charge in [0.1, 0.15) is 12.3 Å². The zero-order valence-corrected chi connectivity index (χ0v) is 16.2. The molecule has 0 unspecified atom stereocenters. The summed E-state index contributed by atoms with van der Waals surface area (Å²) >= 11 is 0. The summed E-state index contributed by atoms with van der Waals surface area (Å²) in [6.45, 7) is 5.45. The zero-order valence-electron chi connectivity index (χ0n) is 16.2. The number of hydrogen-bond acceptors (Lipinski definition) is 10. The number of nitrogens with one attached hydrogen (secondary N) is 3. The molecule has 0 aromatic rings. The van der Waals surface area contributed by atoms with Gasteiger partial charge in [-0.1, -0.05) is 0 Å². The van der Waals surface area contributed by atoms with Crippen LogP contribution >= 0.6 is 0 Å². The van der Waals surface area contributed by atoms with E-state index in [9.17, 15) is 0 Å². The van der Waals surface area contributed by atoms with E-state index < -0.39 is 0 Å². The highest BCUT2D eigenvalue weighted by atomic mass is 15.5. The first-order valence-electron chi connectivity index (χ1n) is 8.46. The number of aliphatic imine (C=N–C) groups is 4. The van der Waals surface area contributed by atoms with E-state index in [4.69, 9.17) is 0 Å². The van der Waals surface area contributed by atoms with E-state index in [1.54, 1.807) is 0 Å². The molecule has 0 saturated heterocycles. The van der Waals surface area contributed by atoms with Gasteiger partial charge in [0.05, 0.1) is 0 Å². The third-order valence-electron chi connectivity index (χ3n) is 4.00. The minimum atomic E-state index is -0.0945. The number of guanidine groups is 4. The summed E-state index contributed by atoms with van der Waals surface area (Å²) < 4.78 is 0. The number of nitrogens with zero attached hydrogens (tertiary/aromatic N) is 7. The van der Waals surface area contributed by atoms with Crippen LogP contribution in [0.15, 0.2) is 20.0 Å². The molecular formula is C15H30N10. The lowest BCUT2D eigenvalue weighted by Crippen LogP contribution is -2.53. The van der Waals surface area contributed by atoms with Crippen LogP contribution in [0.1, 0.15) is 13.8 Å². The highest BCUT2D eigenvalue weighted by molar-refractivity contribution is 6.00. The number of rotatable bonds is 3. The van der Waals surface area contributed by atoms with Crippen molar-refractivity contribution in [1.82, 2.24) is 30.7 Å². The van der Waals surface area contributed by atoms with Crippen LogP contribution in [-0.2, 0) is 0 Å². The van der Waals surface area contributed by atoms with Gasteiger partial charge >= 0.3 is 0 Å². The van der Waals surface area contributed by atoms with Crippen LogP contribution < -0.4 is 16.0 Å². The fraction of sp³-hybridized carbons (Fsp3) is 0.733. The molecule has 10 heteroatoms. The van der Waals surface area contributed by atoms with Crippen molar-refractivity contribution in [1.29, 1.82) is 0 Å². The third-order valence-corrected chi connectivity index (χ3v) is 4.00. The normalized spacial score (nSPS) is 23.3. The lowest BCUT2D eigenvalue weighted by Gasteiger charge is -2.34. The smallest absolute Gasteiger partial charge is 0.205 e. The molecule has 2 aliphatic heterocycles. The summed E-state index contributed by atoms with van der Waals surface area (Å²) in [5.74, 6) is 3.32. The summed E-state index contributed by atoms with van der Waals surface area (Å²) in [5.41, 5.74) is 0. The maximum absolute atomic E-state index is 4.62. The van der Waals surface area contributed by atoms with Crippen molar-refractivity contribution >= 4 is 23.8 Å². The Labute approximate surface area is 149 Å². The molecule has 140 valence electrons. The quantitative estimate of drug-likeness (QED) is 0.601. The predicted octanol–water partition coefficient (Wildman–Crippen LogP) is -1.05. The van der Waals surface area contributed by atoms with Crippen LogP contribution in [0.5, 0.6) is 0 Å². The minimum absolute atomic E-state index is 0.0897. The molecule has 10 nitrogen and oxygen atoms in total. The van der Waals surface area contributed by atoms with Gasteiger partial charge in [-0.05, 0) is 13.8 Å². The second-order valence-electron chi connectivity index (χ2n) is 6.02. The van der Waals surface area contributed by atoms with Gasteiger partial charge in [-0.25, -0.2) is 20.0 Å². The Morgan fingerprint density at radius 3 is 2.00 bits per heavy atom. The molecule has 25 heavy (non-hydrogen) atoms. The van der Waals surface area contributed by atoms with Crippen LogP contribution in [-0.4, -0.2) is 99.2 Å². The molecule has 0 bridgehead atoms. The van der Waals surface area contributed by atoms with E-state index >= 15 is 0 Å². The molecule has 3 N–H and O–H groups in total. The van der Waals surface area contributed by atoms with E-state index in [1.165, 1.54) is 0 Å². The molecule has 0 radical (unpaired) electrons. The molecule has 0 saturated carbocycles. The highest BCUT2D eigenvalue weighted by Crippen LogP contribution is 2.07. The molecule has 2 heterocycles. The summed E-state index contributed by atoms with van der Waals surface area (Å²) in [6, 6.07) is 0. The summed E-state index contributed by atoms with van der Waals surface area (Å²) in [5, 5.41) is 9.57. The van der Waals surface area contributed by atoms with Gasteiger partial charge < -0.3 is 20.9 Å². The van der Waals surface area contributed by atoms with Gasteiger partial charge in [0.15, 0.2) is 0 Å². The Bertz CT molecular complexity index is 593. The second-order valence-corrected chi connectivity index (χ2v) is 6.02. The third kappa shape index (κ3) is 4.31. The van der Waals surface area contributed by atoms with Crippen molar-refractivity contribution in [3.63, 3.8) is 0 Å². The van der Waals surface area contributed by atoms with E-state index in [2.05, 4.69) is 40.8 Å². The van der Waals surface area contributed by atoms with Crippen molar-refractivity contribution in [2.45, 2.75) is 26.2 Å². The van der Waals surface area contributed by atoms with Crippen molar-refractivity contribution in [3.05, 3.63) is 0 Å². The van der Waals surface area contributed by atoms with E-state index in [0.717, 1.165) is 36.9 Å². The average molecular weight is 350 g/mol. The summed E-state index contributed by atoms with van der Waals surface area (Å²) in [6.07, 6.45) is -0.184. The number of hydrogen-bond donors (Lipinski definition) is 3. The van der Waals surface area contributed by atoms with E-state index in [1.807, 2.05) is 58.9 Å². The van der Waals surface area contributed by atoms with Crippen LogP contribution in [0.4, 0.5) is 0 Å². The molecule has 0 fully saturated rings. The van der Waals surface area contributed by atoms with Gasteiger partial charge in [-0.3, -0.25) is 9.80 Å². The molecule has 2 aliphatic rings. The van der Waals surface area contributed by atoms with Crippen molar-refractivity contribution in [2.24, 2.45) is 20.0 Å². The molecule has 2 rings (SSSR count). The van der Waals surface area contributed by atoms with Crippen molar-refractivity contribution in [3.8, 4) is 0 Å². The van der Waals surface area contributed by atoms with Gasteiger partial charge in [0.2, 0.25) is 23.8 Å². The van der Waals surface area contributed by atoms with Gasteiger partial charge in [-0.15, -0.1) is 0 Å². The Balaban J connectivity index is 1.92. The Morgan fingerprint density at radius 2 is 1.40 bits per heavy atom. The molecule has 0 aliphatic carbocycles. The van der Waals surface area contributed by atoms with Crippen LogP contribution in [0, 0.1) is 0 Å².